The van der Waals surface area contributed by atoms with Crippen LogP contribution in [0.25, 0.3) is 0 Å². The standard InChI is InChI=1S/C73H142O17P2/c1-6-9-12-15-18-21-24-26-28-30-32-34-37-42-47-52-57-71(76)84-62-68(89-72(77)58-53-48-43-38-35-33-31-29-27-25-22-19-16-13-10-7-2)64-87-91(79,80)85-60-67(74)61-86-92(81,82)88-65-69(90-73(78)59-54-49-44-39-40-45-50-55-66(4)5)63-83-70(75)56-51-46-41-36-23-20-17-14-11-8-3/h66-69,74H,6-65H2,1-5H3,(H,79,80)(H,81,82)/t67-,68-,69-/m1/s1. The molecule has 0 aromatic heterocycles. The number of rotatable bonds is 73. The summed E-state index contributed by atoms with van der Waals surface area (Å²) >= 11 is 0. The number of aliphatic hydroxyl groups excluding tert-OH is 1. The summed E-state index contributed by atoms with van der Waals surface area (Å²) in [5.74, 6) is -1.42. The van der Waals surface area contributed by atoms with E-state index in [1.165, 1.54) is 205 Å². The second kappa shape index (κ2) is 66.3. The summed E-state index contributed by atoms with van der Waals surface area (Å²) in [4.78, 5) is 72.6. The Morgan fingerprint density at radius 1 is 0.293 bits per heavy atom. The number of phosphoric acid groups is 2. The minimum Gasteiger partial charge on any atom is -0.462 e. The molecule has 0 spiro atoms. The maximum atomic E-state index is 13.1. The van der Waals surface area contributed by atoms with Crippen LogP contribution >= 0.6 is 15.6 Å². The van der Waals surface area contributed by atoms with Crippen molar-refractivity contribution in [2.75, 3.05) is 39.6 Å². The van der Waals surface area contributed by atoms with E-state index in [0.717, 1.165) is 89.9 Å². The summed E-state index contributed by atoms with van der Waals surface area (Å²) in [5.41, 5.74) is 0. The van der Waals surface area contributed by atoms with Crippen molar-refractivity contribution in [3.05, 3.63) is 0 Å². The van der Waals surface area contributed by atoms with Gasteiger partial charge in [-0.1, -0.05) is 330 Å². The van der Waals surface area contributed by atoms with E-state index in [-0.39, 0.29) is 25.7 Å². The van der Waals surface area contributed by atoms with E-state index >= 15 is 0 Å². The summed E-state index contributed by atoms with van der Waals surface area (Å²) < 4.78 is 68.4. The Bertz CT molecular complexity index is 1770. The molecule has 19 heteroatoms. The van der Waals surface area contributed by atoms with Gasteiger partial charge >= 0.3 is 39.5 Å². The van der Waals surface area contributed by atoms with E-state index in [2.05, 4.69) is 34.6 Å². The van der Waals surface area contributed by atoms with Crippen molar-refractivity contribution in [1.29, 1.82) is 0 Å². The van der Waals surface area contributed by atoms with Gasteiger partial charge in [0.05, 0.1) is 26.4 Å². The maximum absolute atomic E-state index is 13.1. The number of unbranched alkanes of at least 4 members (excludes halogenated alkanes) is 45. The van der Waals surface area contributed by atoms with Crippen molar-refractivity contribution in [3.63, 3.8) is 0 Å². The molecule has 0 aliphatic rings. The van der Waals surface area contributed by atoms with Gasteiger partial charge in [0.1, 0.15) is 19.3 Å². The largest absolute Gasteiger partial charge is 0.472 e. The lowest BCUT2D eigenvalue weighted by atomic mass is 10.0. The normalized spacial score (nSPS) is 14.0. The maximum Gasteiger partial charge on any atom is 0.472 e. The Kier molecular flexibility index (Phi) is 64.9. The zero-order valence-corrected chi connectivity index (χ0v) is 61.5. The van der Waals surface area contributed by atoms with Crippen LogP contribution in [-0.4, -0.2) is 96.7 Å². The van der Waals surface area contributed by atoms with Gasteiger partial charge < -0.3 is 33.8 Å². The smallest absolute Gasteiger partial charge is 0.462 e. The number of carbonyl (C=O) groups excluding carboxylic acids is 4. The highest BCUT2D eigenvalue weighted by Gasteiger charge is 2.30. The third-order valence-corrected chi connectivity index (χ3v) is 18.9. The second-order valence-corrected chi connectivity index (χ2v) is 29.7. The average Bonchev–Trinajstić information content (AvgIpc) is 1.93. The number of hydrogen-bond acceptors (Lipinski definition) is 15. The fourth-order valence-corrected chi connectivity index (χ4v) is 12.8. The molecule has 546 valence electrons. The molecule has 0 aromatic carbocycles. The van der Waals surface area contributed by atoms with Crippen molar-refractivity contribution < 1.29 is 80.2 Å². The predicted molar refractivity (Wildman–Crippen MR) is 372 cm³/mol. The van der Waals surface area contributed by atoms with E-state index in [1.54, 1.807) is 0 Å². The van der Waals surface area contributed by atoms with Gasteiger partial charge in [-0.05, 0) is 31.6 Å². The molecule has 0 radical (unpaired) electrons. The lowest BCUT2D eigenvalue weighted by Gasteiger charge is -2.21. The highest BCUT2D eigenvalue weighted by atomic mass is 31.2. The highest BCUT2D eigenvalue weighted by molar-refractivity contribution is 7.47. The number of aliphatic hydroxyl groups is 1. The van der Waals surface area contributed by atoms with Crippen LogP contribution in [0.2, 0.25) is 0 Å². The van der Waals surface area contributed by atoms with Crippen LogP contribution in [-0.2, 0) is 65.4 Å². The topological polar surface area (TPSA) is 237 Å². The molecule has 0 amide bonds. The molecule has 0 fully saturated rings. The molecule has 92 heavy (non-hydrogen) atoms. The van der Waals surface area contributed by atoms with E-state index in [1.807, 2.05) is 0 Å². The van der Waals surface area contributed by atoms with Gasteiger partial charge in [-0.3, -0.25) is 37.3 Å². The minimum atomic E-state index is -4.95. The Morgan fingerprint density at radius 3 is 0.739 bits per heavy atom. The second-order valence-electron chi connectivity index (χ2n) is 26.8. The third kappa shape index (κ3) is 66.7. The zero-order chi connectivity index (χ0) is 67.7. The number of esters is 4. The predicted octanol–water partition coefficient (Wildman–Crippen LogP) is 21.3. The summed E-state index contributed by atoms with van der Waals surface area (Å²) in [7, 11) is -9.90. The van der Waals surface area contributed by atoms with Crippen LogP contribution in [0.4, 0.5) is 0 Å². The minimum absolute atomic E-state index is 0.104. The molecule has 0 saturated heterocycles. The molecule has 0 aliphatic carbocycles. The van der Waals surface area contributed by atoms with Crippen LogP contribution in [0.3, 0.4) is 0 Å². The van der Waals surface area contributed by atoms with Crippen LogP contribution in [0, 0.1) is 5.92 Å². The first-order valence-electron chi connectivity index (χ1n) is 38.1. The highest BCUT2D eigenvalue weighted by Crippen LogP contribution is 2.45. The van der Waals surface area contributed by atoms with Crippen molar-refractivity contribution in [2.24, 2.45) is 5.92 Å². The molecule has 0 aliphatic heterocycles. The fourth-order valence-electron chi connectivity index (χ4n) is 11.2. The molecule has 0 saturated carbocycles. The summed E-state index contributed by atoms with van der Waals surface area (Å²) in [6.07, 6.45) is 54.1. The molecule has 2 unspecified atom stereocenters. The molecule has 5 atom stereocenters. The van der Waals surface area contributed by atoms with Gasteiger partial charge in [-0.15, -0.1) is 0 Å². The molecule has 0 heterocycles. The van der Waals surface area contributed by atoms with Gasteiger partial charge in [-0.25, -0.2) is 9.13 Å². The average molecular weight is 1350 g/mol. The van der Waals surface area contributed by atoms with E-state index in [4.69, 9.17) is 37.0 Å². The fraction of sp³-hybridized carbons (Fsp3) is 0.945. The van der Waals surface area contributed by atoms with Crippen molar-refractivity contribution in [1.82, 2.24) is 0 Å². The molecule has 0 rings (SSSR count). The molecular weight excluding hydrogens is 1210 g/mol. The van der Waals surface area contributed by atoms with Gasteiger partial charge in [0.2, 0.25) is 0 Å². The van der Waals surface area contributed by atoms with E-state index < -0.39 is 97.5 Å². The van der Waals surface area contributed by atoms with E-state index in [9.17, 15) is 43.2 Å². The SMILES string of the molecule is CCCCCCCCCCCCCCCCCCC(=O)OC[C@H](COP(=O)(O)OC[C@@H](O)COP(=O)(O)OC[C@@H](COC(=O)CCCCCCCCCCCC)OC(=O)CCCCCCCCCC(C)C)OC(=O)CCCCCCCCCCCCCCCCCC. The first-order chi connectivity index (χ1) is 44.5. The van der Waals surface area contributed by atoms with Crippen molar-refractivity contribution in [2.45, 2.75) is 400 Å². The zero-order valence-electron chi connectivity index (χ0n) is 59.7. The molecule has 17 nitrogen and oxygen atoms in total. The first-order valence-corrected chi connectivity index (χ1v) is 41.1. The van der Waals surface area contributed by atoms with Gasteiger partial charge in [0, 0.05) is 25.7 Å². The summed E-state index contributed by atoms with van der Waals surface area (Å²) in [6.45, 7) is 7.20. The number of ether oxygens (including phenoxy) is 4. The molecule has 0 aromatic rings. The number of hydrogen-bond donors (Lipinski definition) is 3. The Labute approximate surface area is 562 Å². The van der Waals surface area contributed by atoms with Crippen LogP contribution in [0.5, 0.6) is 0 Å². The van der Waals surface area contributed by atoms with Gasteiger partial charge in [-0.2, -0.15) is 0 Å². The van der Waals surface area contributed by atoms with Crippen LogP contribution in [0.1, 0.15) is 381 Å². The number of phosphoric ester groups is 2. The number of carbonyl (C=O) groups is 4. The molecular formula is C73H142O17P2. The molecule has 0 bridgehead atoms. The van der Waals surface area contributed by atoms with Crippen LogP contribution < -0.4 is 0 Å². The summed E-state index contributed by atoms with van der Waals surface area (Å²) in [5, 5.41) is 10.6. The quantitative estimate of drug-likeness (QED) is 0.0222. The first kappa shape index (κ1) is 90.1. The van der Waals surface area contributed by atoms with Gasteiger partial charge in [0.25, 0.3) is 0 Å². The van der Waals surface area contributed by atoms with E-state index in [0.29, 0.717) is 31.6 Å². The Balaban J connectivity index is 5.22. The van der Waals surface area contributed by atoms with Gasteiger partial charge in [0.15, 0.2) is 12.2 Å². The van der Waals surface area contributed by atoms with Crippen LogP contribution in [0.15, 0.2) is 0 Å². The third-order valence-electron chi connectivity index (χ3n) is 17.0. The monoisotopic (exact) mass is 1350 g/mol. The Hall–Kier alpha value is -1.94. The molecule has 3 N–H and O–H groups in total. The Morgan fingerprint density at radius 2 is 0.500 bits per heavy atom. The summed E-state index contributed by atoms with van der Waals surface area (Å²) in [6, 6.07) is 0. The lowest BCUT2D eigenvalue weighted by Crippen LogP contribution is -2.30. The lowest BCUT2D eigenvalue weighted by molar-refractivity contribution is -0.161. The van der Waals surface area contributed by atoms with Crippen molar-refractivity contribution in [3.8, 4) is 0 Å². The van der Waals surface area contributed by atoms with Crippen molar-refractivity contribution >= 4 is 39.5 Å².